The molecule has 1 heterocycles. The monoisotopic (exact) mass is 161 g/mol. The molecule has 12 heavy (non-hydrogen) atoms. The highest BCUT2D eigenvalue weighted by atomic mass is 14.7. The molecule has 0 aromatic carbocycles. The molecular formula is C11H15N. The summed E-state index contributed by atoms with van der Waals surface area (Å²) in [5.74, 6) is 0. The first-order chi connectivity index (χ1) is 5.70. The van der Waals surface area contributed by atoms with E-state index >= 15 is 0 Å². The molecule has 0 aromatic rings. The Bertz CT molecular complexity index is 267. The molecule has 0 atom stereocenters. The summed E-state index contributed by atoms with van der Waals surface area (Å²) in [7, 11) is 0. The fourth-order valence-corrected chi connectivity index (χ4v) is 1.09. The van der Waals surface area contributed by atoms with Gasteiger partial charge in [0.15, 0.2) is 0 Å². The lowest BCUT2D eigenvalue weighted by molar-refractivity contribution is 0.971. The van der Waals surface area contributed by atoms with Crippen LogP contribution in [0.15, 0.2) is 40.6 Å². The summed E-state index contributed by atoms with van der Waals surface area (Å²) in [5, 5.41) is 0. The molecule has 0 amide bonds. The molecule has 0 aromatic heterocycles. The van der Waals surface area contributed by atoms with Crippen LogP contribution in [0.1, 0.15) is 26.7 Å². The molecule has 0 aliphatic carbocycles. The molecule has 0 saturated carbocycles. The number of hydrogen-bond donors (Lipinski definition) is 0. The summed E-state index contributed by atoms with van der Waals surface area (Å²) < 4.78 is 0. The van der Waals surface area contributed by atoms with E-state index in [9.17, 15) is 0 Å². The molecule has 64 valence electrons. The van der Waals surface area contributed by atoms with Crippen LogP contribution in [-0.4, -0.2) is 6.21 Å². The summed E-state index contributed by atoms with van der Waals surface area (Å²) in [6.07, 6.45) is 8.23. The van der Waals surface area contributed by atoms with E-state index in [0.29, 0.717) is 0 Å². The van der Waals surface area contributed by atoms with Crippen LogP contribution in [0.3, 0.4) is 0 Å². The van der Waals surface area contributed by atoms with E-state index in [1.807, 2.05) is 25.3 Å². The molecule has 0 radical (unpaired) electrons. The topological polar surface area (TPSA) is 12.4 Å². The first kappa shape index (κ1) is 8.98. The van der Waals surface area contributed by atoms with E-state index in [2.05, 4.69) is 18.5 Å². The smallest absolute Gasteiger partial charge is 0.0615 e. The second-order valence-electron chi connectivity index (χ2n) is 3.20. The van der Waals surface area contributed by atoms with E-state index in [1.165, 1.54) is 5.57 Å². The van der Waals surface area contributed by atoms with Gasteiger partial charge in [0, 0.05) is 6.21 Å². The quantitative estimate of drug-likeness (QED) is 0.551. The summed E-state index contributed by atoms with van der Waals surface area (Å²) >= 11 is 0. The Kier molecular flexibility index (Phi) is 3.03. The standard InChI is InChI=1S/C11H15N/c1-9(2)6-7-11-10(3)5-4-8-12-11/h6-8H,1,4-5H2,2-3H3. The van der Waals surface area contributed by atoms with Gasteiger partial charge in [-0.15, -0.1) is 0 Å². The maximum absolute atomic E-state index is 4.31. The van der Waals surface area contributed by atoms with Crippen LogP contribution >= 0.6 is 0 Å². The van der Waals surface area contributed by atoms with Crippen molar-refractivity contribution >= 4 is 6.21 Å². The number of aliphatic imine (C=N–C) groups is 1. The van der Waals surface area contributed by atoms with Gasteiger partial charge in [0.25, 0.3) is 0 Å². The van der Waals surface area contributed by atoms with Crippen LogP contribution in [0.5, 0.6) is 0 Å². The van der Waals surface area contributed by atoms with E-state index in [-0.39, 0.29) is 0 Å². The van der Waals surface area contributed by atoms with Crippen molar-refractivity contribution in [3.63, 3.8) is 0 Å². The molecule has 0 spiro atoms. The van der Waals surface area contributed by atoms with Crippen LogP contribution in [0.4, 0.5) is 0 Å². The minimum Gasteiger partial charge on any atom is -0.261 e. The number of nitrogens with zero attached hydrogens (tertiary/aromatic N) is 1. The Morgan fingerprint density at radius 1 is 1.67 bits per heavy atom. The Balaban J connectivity index is 2.74. The summed E-state index contributed by atoms with van der Waals surface area (Å²) in [6, 6.07) is 0. The molecule has 1 heteroatoms. The highest BCUT2D eigenvalue weighted by Gasteiger charge is 2.00. The lowest BCUT2D eigenvalue weighted by Gasteiger charge is -2.07. The van der Waals surface area contributed by atoms with Crippen molar-refractivity contribution in [3.8, 4) is 0 Å². The Morgan fingerprint density at radius 2 is 2.42 bits per heavy atom. The van der Waals surface area contributed by atoms with Gasteiger partial charge in [-0.2, -0.15) is 0 Å². The van der Waals surface area contributed by atoms with Gasteiger partial charge < -0.3 is 0 Å². The van der Waals surface area contributed by atoms with Crippen LogP contribution in [0.25, 0.3) is 0 Å². The van der Waals surface area contributed by atoms with Crippen molar-refractivity contribution in [2.75, 3.05) is 0 Å². The van der Waals surface area contributed by atoms with Crippen molar-refractivity contribution in [2.24, 2.45) is 4.99 Å². The van der Waals surface area contributed by atoms with Gasteiger partial charge in [-0.05, 0) is 38.3 Å². The maximum Gasteiger partial charge on any atom is 0.0615 e. The summed E-state index contributed by atoms with van der Waals surface area (Å²) in [6.45, 7) is 7.92. The van der Waals surface area contributed by atoms with Gasteiger partial charge in [0.05, 0.1) is 5.70 Å². The lowest BCUT2D eigenvalue weighted by Crippen LogP contribution is -1.92. The minimum absolute atomic E-state index is 1.07. The molecule has 1 nitrogen and oxygen atoms in total. The third-order valence-corrected chi connectivity index (χ3v) is 1.84. The predicted molar refractivity (Wildman–Crippen MR) is 54.4 cm³/mol. The normalized spacial score (nSPS) is 17.5. The van der Waals surface area contributed by atoms with Crippen molar-refractivity contribution in [2.45, 2.75) is 26.7 Å². The predicted octanol–water partition coefficient (Wildman–Crippen LogP) is 3.26. The first-order valence-corrected chi connectivity index (χ1v) is 4.26. The van der Waals surface area contributed by atoms with Gasteiger partial charge in [-0.25, -0.2) is 0 Å². The highest BCUT2D eigenvalue weighted by molar-refractivity contribution is 5.62. The Hall–Kier alpha value is -1.11. The van der Waals surface area contributed by atoms with Gasteiger partial charge in [-0.1, -0.05) is 18.2 Å². The van der Waals surface area contributed by atoms with Crippen molar-refractivity contribution in [1.29, 1.82) is 0 Å². The summed E-state index contributed by atoms with van der Waals surface area (Å²) in [4.78, 5) is 4.31. The Labute approximate surface area is 74.2 Å². The van der Waals surface area contributed by atoms with Crippen molar-refractivity contribution in [3.05, 3.63) is 35.6 Å². The number of rotatable bonds is 2. The van der Waals surface area contributed by atoms with E-state index in [0.717, 1.165) is 24.1 Å². The fourth-order valence-electron chi connectivity index (χ4n) is 1.09. The van der Waals surface area contributed by atoms with Crippen LogP contribution in [0, 0.1) is 0 Å². The minimum atomic E-state index is 1.07. The van der Waals surface area contributed by atoms with Gasteiger partial charge in [-0.3, -0.25) is 4.99 Å². The SMILES string of the molecule is C=C(C)C=CC1=C(C)CCC=N1. The molecule has 0 N–H and O–H groups in total. The van der Waals surface area contributed by atoms with Gasteiger partial charge in [0.1, 0.15) is 0 Å². The number of hydrogen-bond acceptors (Lipinski definition) is 1. The third kappa shape index (κ3) is 2.50. The molecule has 0 fully saturated rings. The van der Waals surface area contributed by atoms with E-state index < -0.39 is 0 Å². The summed E-state index contributed by atoms with van der Waals surface area (Å²) in [5.41, 5.74) is 3.54. The molecule has 0 bridgehead atoms. The molecular weight excluding hydrogens is 146 g/mol. The maximum atomic E-state index is 4.31. The third-order valence-electron chi connectivity index (χ3n) is 1.84. The van der Waals surface area contributed by atoms with Gasteiger partial charge >= 0.3 is 0 Å². The second-order valence-corrected chi connectivity index (χ2v) is 3.20. The largest absolute Gasteiger partial charge is 0.261 e. The molecule has 1 rings (SSSR count). The first-order valence-electron chi connectivity index (χ1n) is 4.26. The van der Waals surface area contributed by atoms with Gasteiger partial charge in [0.2, 0.25) is 0 Å². The van der Waals surface area contributed by atoms with E-state index in [1.54, 1.807) is 0 Å². The average Bonchev–Trinajstić information content (AvgIpc) is 2.03. The molecule has 1 aliphatic heterocycles. The molecule has 0 saturated heterocycles. The Morgan fingerprint density at radius 3 is 3.00 bits per heavy atom. The zero-order valence-corrected chi connectivity index (χ0v) is 7.80. The highest BCUT2D eigenvalue weighted by Crippen LogP contribution is 2.17. The van der Waals surface area contributed by atoms with Crippen LogP contribution in [-0.2, 0) is 0 Å². The lowest BCUT2D eigenvalue weighted by atomic mass is 10.1. The second kappa shape index (κ2) is 4.05. The molecule has 0 unspecified atom stereocenters. The van der Waals surface area contributed by atoms with Crippen LogP contribution < -0.4 is 0 Å². The fraction of sp³-hybridized carbons (Fsp3) is 0.364. The number of allylic oxidation sites excluding steroid dienone is 4. The van der Waals surface area contributed by atoms with Crippen molar-refractivity contribution < 1.29 is 0 Å². The zero-order chi connectivity index (χ0) is 8.97. The molecule has 1 aliphatic rings. The van der Waals surface area contributed by atoms with Crippen LogP contribution in [0.2, 0.25) is 0 Å². The van der Waals surface area contributed by atoms with Crippen molar-refractivity contribution in [1.82, 2.24) is 0 Å². The average molecular weight is 161 g/mol. The van der Waals surface area contributed by atoms with E-state index in [4.69, 9.17) is 0 Å². The zero-order valence-electron chi connectivity index (χ0n) is 7.80.